The van der Waals surface area contributed by atoms with Crippen LogP contribution >= 0.6 is 0 Å². The van der Waals surface area contributed by atoms with E-state index in [-0.39, 0.29) is 0 Å². The Bertz CT molecular complexity index is 583. The monoisotopic (exact) mass is 226 g/mol. The molecule has 0 fully saturated rings. The third kappa shape index (κ3) is 1.28. The highest BCUT2D eigenvalue weighted by Crippen LogP contribution is 2.39. The van der Waals surface area contributed by atoms with Crippen molar-refractivity contribution < 1.29 is 9.90 Å². The van der Waals surface area contributed by atoms with Gasteiger partial charge in [-0.3, -0.25) is 4.79 Å². The van der Waals surface area contributed by atoms with Crippen molar-refractivity contribution >= 4 is 11.7 Å². The molecule has 3 rings (SSSR count). The molecule has 0 saturated heterocycles. The second-order valence-electron chi connectivity index (χ2n) is 3.93. The Balaban J connectivity index is 2.24. The van der Waals surface area contributed by atoms with Gasteiger partial charge in [-0.1, -0.05) is 30.3 Å². The predicted octanol–water partition coefficient (Wildman–Crippen LogP) is 1.27. The maximum absolute atomic E-state index is 12.0. The van der Waals surface area contributed by atoms with E-state index >= 15 is 0 Å². The van der Waals surface area contributed by atoms with E-state index in [4.69, 9.17) is 0 Å². The summed E-state index contributed by atoms with van der Waals surface area (Å²) in [6.45, 7) is 0. The van der Waals surface area contributed by atoms with Gasteiger partial charge in [-0.2, -0.15) is 0 Å². The van der Waals surface area contributed by atoms with Crippen LogP contribution in [0.2, 0.25) is 0 Å². The first-order valence-electron chi connectivity index (χ1n) is 5.28. The molecule has 17 heavy (non-hydrogen) atoms. The minimum Gasteiger partial charge on any atom is -0.372 e. The van der Waals surface area contributed by atoms with Crippen LogP contribution in [0.5, 0.6) is 0 Å². The minimum absolute atomic E-state index is 0.420. The van der Waals surface area contributed by atoms with Crippen molar-refractivity contribution in [2.24, 2.45) is 0 Å². The van der Waals surface area contributed by atoms with E-state index in [0.717, 1.165) is 0 Å². The fraction of sp³-hybridized carbons (Fsp3) is 0.0769. The molecule has 2 aromatic rings. The Hall–Kier alpha value is -2.20. The van der Waals surface area contributed by atoms with Crippen LogP contribution in [0.3, 0.4) is 0 Å². The van der Waals surface area contributed by atoms with Crippen LogP contribution in [0.4, 0.5) is 5.82 Å². The Labute approximate surface area is 97.9 Å². The minimum atomic E-state index is -1.63. The molecule has 84 valence electrons. The quantitative estimate of drug-likeness (QED) is 0.769. The smallest absolute Gasteiger partial charge is 0.267 e. The first-order chi connectivity index (χ1) is 8.23. The summed E-state index contributed by atoms with van der Waals surface area (Å²) in [5.74, 6) is -0.0405. The fourth-order valence-electron chi connectivity index (χ4n) is 2.08. The van der Waals surface area contributed by atoms with Crippen LogP contribution in [0.25, 0.3) is 0 Å². The highest BCUT2D eigenvalue weighted by atomic mass is 16.3. The first kappa shape index (κ1) is 9.99. The lowest BCUT2D eigenvalue weighted by Gasteiger charge is -2.20. The van der Waals surface area contributed by atoms with Crippen LogP contribution in [0, 0.1) is 0 Å². The molecule has 0 spiro atoms. The number of anilines is 1. The summed E-state index contributed by atoms with van der Waals surface area (Å²) in [5.41, 5.74) is -0.592. The lowest BCUT2D eigenvalue weighted by Crippen LogP contribution is -2.35. The number of aromatic nitrogens is 1. The summed E-state index contributed by atoms with van der Waals surface area (Å²) in [6, 6.07) is 12.3. The first-order valence-corrected chi connectivity index (χ1v) is 5.28. The Morgan fingerprint density at radius 2 is 1.88 bits per heavy atom. The van der Waals surface area contributed by atoms with Crippen LogP contribution in [0.15, 0.2) is 48.7 Å². The van der Waals surface area contributed by atoms with E-state index in [1.165, 1.54) is 0 Å². The number of aliphatic hydroxyl groups is 1. The maximum atomic E-state index is 12.0. The standard InChI is InChI=1S/C13H10N2O2/c16-12-13(17,9-5-2-1-3-6-9)10-7-4-8-14-11(10)15-12/h1-8,17H,(H,14,15,16). The van der Waals surface area contributed by atoms with E-state index in [9.17, 15) is 9.90 Å². The van der Waals surface area contributed by atoms with Crippen molar-refractivity contribution in [2.45, 2.75) is 5.60 Å². The number of amides is 1. The molecule has 0 aliphatic carbocycles. The largest absolute Gasteiger partial charge is 0.372 e. The van der Waals surface area contributed by atoms with Crippen molar-refractivity contribution in [3.8, 4) is 0 Å². The maximum Gasteiger partial charge on any atom is 0.267 e. The average molecular weight is 226 g/mol. The molecule has 1 atom stereocenters. The van der Waals surface area contributed by atoms with Gasteiger partial charge in [0.05, 0.1) is 0 Å². The van der Waals surface area contributed by atoms with Gasteiger partial charge in [0, 0.05) is 11.8 Å². The number of rotatable bonds is 1. The second-order valence-corrected chi connectivity index (χ2v) is 3.93. The zero-order chi connectivity index (χ0) is 11.9. The number of benzene rings is 1. The van der Waals surface area contributed by atoms with Gasteiger partial charge in [0.25, 0.3) is 5.91 Å². The van der Waals surface area contributed by atoms with Crippen LogP contribution in [0.1, 0.15) is 11.1 Å². The summed E-state index contributed by atoms with van der Waals surface area (Å²) in [6.07, 6.45) is 1.58. The molecule has 4 heteroatoms. The highest BCUT2D eigenvalue weighted by Gasteiger charge is 2.47. The molecular formula is C13H10N2O2. The third-order valence-corrected chi connectivity index (χ3v) is 2.95. The van der Waals surface area contributed by atoms with Gasteiger partial charge in [-0.15, -0.1) is 0 Å². The van der Waals surface area contributed by atoms with Gasteiger partial charge in [0.15, 0.2) is 5.60 Å². The molecule has 1 aliphatic rings. The molecule has 0 radical (unpaired) electrons. The molecule has 1 aliphatic heterocycles. The highest BCUT2D eigenvalue weighted by molar-refractivity contribution is 6.06. The number of pyridine rings is 1. The van der Waals surface area contributed by atoms with Crippen molar-refractivity contribution in [1.82, 2.24) is 4.98 Å². The Morgan fingerprint density at radius 1 is 1.12 bits per heavy atom. The van der Waals surface area contributed by atoms with Gasteiger partial charge in [0.1, 0.15) is 5.82 Å². The third-order valence-electron chi connectivity index (χ3n) is 2.95. The summed E-state index contributed by atoms with van der Waals surface area (Å²) in [7, 11) is 0. The van der Waals surface area contributed by atoms with Gasteiger partial charge < -0.3 is 10.4 Å². The fourth-order valence-corrected chi connectivity index (χ4v) is 2.08. The number of hydrogen-bond donors (Lipinski definition) is 2. The van der Waals surface area contributed by atoms with Crippen molar-refractivity contribution in [2.75, 3.05) is 5.32 Å². The summed E-state index contributed by atoms with van der Waals surface area (Å²) >= 11 is 0. The average Bonchev–Trinajstić information content (AvgIpc) is 2.64. The van der Waals surface area contributed by atoms with Gasteiger partial charge in [0.2, 0.25) is 0 Å². The SMILES string of the molecule is O=C1Nc2ncccc2C1(O)c1ccccc1. The van der Waals surface area contributed by atoms with Crippen LogP contribution in [-0.4, -0.2) is 16.0 Å². The van der Waals surface area contributed by atoms with Crippen LogP contribution in [-0.2, 0) is 10.4 Å². The number of nitrogens with zero attached hydrogens (tertiary/aromatic N) is 1. The number of carbonyl (C=O) groups is 1. The van der Waals surface area contributed by atoms with Gasteiger partial charge in [-0.25, -0.2) is 4.98 Å². The molecule has 2 heterocycles. The van der Waals surface area contributed by atoms with E-state index in [1.54, 1.807) is 42.6 Å². The van der Waals surface area contributed by atoms with Crippen LogP contribution < -0.4 is 5.32 Å². The van der Waals surface area contributed by atoms with Crippen molar-refractivity contribution in [3.05, 3.63) is 59.8 Å². The van der Waals surface area contributed by atoms with E-state index in [1.807, 2.05) is 6.07 Å². The summed E-state index contributed by atoms with van der Waals surface area (Å²) in [4.78, 5) is 16.0. The van der Waals surface area contributed by atoms with E-state index < -0.39 is 11.5 Å². The molecular weight excluding hydrogens is 216 g/mol. The molecule has 1 unspecified atom stereocenters. The number of carbonyl (C=O) groups excluding carboxylic acids is 1. The molecule has 0 bridgehead atoms. The molecule has 1 amide bonds. The summed E-state index contributed by atoms with van der Waals surface area (Å²) in [5, 5.41) is 13.2. The van der Waals surface area contributed by atoms with Crippen molar-refractivity contribution in [1.29, 1.82) is 0 Å². The number of fused-ring (bicyclic) bond motifs is 1. The lowest BCUT2D eigenvalue weighted by molar-refractivity contribution is -0.129. The zero-order valence-electron chi connectivity index (χ0n) is 8.92. The summed E-state index contributed by atoms with van der Waals surface area (Å²) < 4.78 is 0. The lowest BCUT2D eigenvalue weighted by atomic mass is 9.88. The Morgan fingerprint density at radius 3 is 2.65 bits per heavy atom. The van der Waals surface area contributed by atoms with E-state index in [2.05, 4.69) is 10.3 Å². The molecule has 2 N–H and O–H groups in total. The molecule has 1 aromatic carbocycles. The predicted molar refractivity (Wildman–Crippen MR) is 62.3 cm³/mol. The zero-order valence-corrected chi connectivity index (χ0v) is 8.92. The van der Waals surface area contributed by atoms with Gasteiger partial charge >= 0.3 is 0 Å². The Kier molecular flexibility index (Phi) is 2.00. The van der Waals surface area contributed by atoms with Crippen molar-refractivity contribution in [3.63, 3.8) is 0 Å². The number of hydrogen-bond acceptors (Lipinski definition) is 3. The number of nitrogens with one attached hydrogen (secondary N) is 1. The second kappa shape index (κ2) is 3.40. The topological polar surface area (TPSA) is 62.2 Å². The molecule has 0 saturated carbocycles. The molecule has 1 aromatic heterocycles. The van der Waals surface area contributed by atoms with Gasteiger partial charge in [-0.05, 0) is 17.7 Å². The molecule has 4 nitrogen and oxygen atoms in total. The normalized spacial score (nSPS) is 22.1. The van der Waals surface area contributed by atoms with E-state index in [0.29, 0.717) is 16.9 Å².